The summed E-state index contributed by atoms with van der Waals surface area (Å²) in [5.41, 5.74) is 3.32. The zero-order chi connectivity index (χ0) is 17.5. The van der Waals surface area contributed by atoms with E-state index >= 15 is 0 Å². The first kappa shape index (κ1) is 16.3. The molecule has 0 amide bonds. The SMILES string of the molecule is O=c1cnnc(N/N=C/c2ccccc2OCc2ccccc2F)[nH]1. The maximum atomic E-state index is 13.7. The van der Waals surface area contributed by atoms with Crippen LogP contribution in [-0.2, 0) is 6.61 Å². The molecule has 0 spiro atoms. The van der Waals surface area contributed by atoms with Crippen molar-refractivity contribution in [3.63, 3.8) is 0 Å². The Hall–Kier alpha value is -3.55. The van der Waals surface area contributed by atoms with Crippen molar-refractivity contribution in [2.45, 2.75) is 6.61 Å². The minimum atomic E-state index is -0.388. The van der Waals surface area contributed by atoms with Crippen LogP contribution in [0.3, 0.4) is 0 Å². The summed E-state index contributed by atoms with van der Waals surface area (Å²) in [5.74, 6) is 0.347. The molecule has 0 fully saturated rings. The minimum Gasteiger partial charge on any atom is -0.488 e. The topological polar surface area (TPSA) is 92.3 Å². The highest BCUT2D eigenvalue weighted by molar-refractivity contribution is 5.83. The fraction of sp³-hybridized carbons (Fsp3) is 0.0588. The third-order valence-corrected chi connectivity index (χ3v) is 3.21. The largest absolute Gasteiger partial charge is 0.488 e. The fourth-order valence-corrected chi connectivity index (χ4v) is 2.02. The van der Waals surface area contributed by atoms with E-state index in [4.69, 9.17) is 4.74 Å². The summed E-state index contributed by atoms with van der Waals surface area (Å²) in [6.07, 6.45) is 2.56. The van der Waals surface area contributed by atoms with Crippen molar-refractivity contribution in [3.05, 3.63) is 82.0 Å². The van der Waals surface area contributed by atoms with Gasteiger partial charge in [-0.1, -0.05) is 30.3 Å². The molecule has 25 heavy (non-hydrogen) atoms. The van der Waals surface area contributed by atoms with Crippen LogP contribution in [0.15, 0.2) is 64.6 Å². The van der Waals surface area contributed by atoms with Gasteiger partial charge in [0.15, 0.2) is 0 Å². The molecule has 2 N–H and O–H groups in total. The second-order valence-corrected chi connectivity index (χ2v) is 4.97. The highest BCUT2D eigenvalue weighted by Gasteiger charge is 2.04. The van der Waals surface area contributed by atoms with E-state index in [2.05, 4.69) is 25.7 Å². The minimum absolute atomic E-state index is 0.0996. The predicted molar refractivity (Wildman–Crippen MR) is 91.0 cm³/mol. The van der Waals surface area contributed by atoms with Crippen LogP contribution in [0.25, 0.3) is 0 Å². The van der Waals surface area contributed by atoms with E-state index in [1.807, 2.05) is 12.1 Å². The smallest absolute Gasteiger partial charge is 0.271 e. The van der Waals surface area contributed by atoms with Gasteiger partial charge in [0.05, 0.1) is 6.21 Å². The van der Waals surface area contributed by atoms with E-state index in [1.165, 1.54) is 12.3 Å². The first-order chi connectivity index (χ1) is 12.2. The van der Waals surface area contributed by atoms with E-state index in [1.54, 1.807) is 30.3 Å². The van der Waals surface area contributed by atoms with E-state index in [0.29, 0.717) is 16.9 Å². The normalized spacial score (nSPS) is 10.8. The lowest BCUT2D eigenvalue weighted by Gasteiger charge is -2.09. The number of rotatable bonds is 6. The van der Waals surface area contributed by atoms with Gasteiger partial charge in [0.1, 0.15) is 24.4 Å². The Morgan fingerprint density at radius 1 is 1.20 bits per heavy atom. The van der Waals surface area contributed by atoms with E-state index < -0.39 is 0 Å². The third-order valence-electron chi connectivity index (χ3n) is 3.21. The van der Waals surface area contributed by atoms with Crippen molar-refractivity contribution in [1.82, 2.24) is 15.2 Å². The van der Waals surface area contributed by atoms with Gasteiger partial charge >= 0.3 is 0 Å². The van der Waals surface area contributed by atoms with Crippen LogP contribution in [0.5, 0.6) is 5.75 Å². The van der Waals surface area contributed by atoms with Crippen molar-refractivity contribution in [2.24, 2.45) is 5.10 Å². The van der Waals surface area contributed by atoms with Crippen molar-refractivity contribution in [1.29, 1.82) is 0 Å². The molecule has 0 saturated heterocycles. The molecule has 7 nitrogen and oxygen atoms in total. The van der Waals surface area contributed by atoms with E-state index in [0.717, 1.165) is 6.20 Å². The van der Waals surface area contributed by atoms with Crippen LogP contribution >= 0.6 is 0 Å². The quantitative estimate of drug-likeness (QED) is 0.531. The second-order valence-electron chi connectivity index (χ2n) is 4.97. The van der Waals surface area contributed by atoms with Crippen LogP contribution < -0.4 is 15.7 Å². The lowest BCUT2D eigenvalue weighted by molar-refractivity contribution is 0.299. The summed E-state index contributed by atoms with van der Waals surface area (Å²) < 4.78 is 19.3. The molecule has 0 aliphatic rings. The summed E-state index contributed by atoms with van der Waals surface area (Å²) >= 11 is 0. The van der Waals surface area contributed by atoms with Crippen LogP contribution in [0.2, 0.25) is 0 Å². The molecule has 126 valence electrons. The molecule has 0 aliphatic carbocycles. The van der Waals surface area contributed by atoms with Crippen LogP contribution in [0, 0.1) is 5.82 Å². The zero-order valence-electron chi connectivity index (χ0n) is 13.0. The van der Waals surface area contributed by atoms with Crippen molar-refractivity contribution in [3.8, 4) is 5.75 Å². The number of hydrazone groups is 1. The maximum absolute atomic E-state index is 13.7. The first-order valence-electron chi connectivity index (χ1n) is 7.39. The molecule has 1 heterocycles. The molecule has 2 aromatic carbocycles. The number of benzene rings is 2. The van der Waals surface area contributed by atoms with Gasteiger partial charge in [-0.2, -0.15) is 5.10 Å². The van der Waals surface area contributed by atoms with E-state index in [9.17, 15) is 9.18 Å². The summed E-state index contributed by atoms with van der Waals surface area (Å²) in [6, 6.07) is 13.6. The molecule has 3 rings (SSSR count). The number of anilines is 1. The molecule has 8 heteroatoms. The number of aromatic amines is 1. The average molecular weight is 339 g/mol. The Labute approximate surface area is 142 Å². The molecular weight excluding hydrogens is 325 g/mol. The Kier molecular flexibility index (Phi) is 5.10. The van der Waals surface area contributed by atoms with E-state index in [-0.39, 0.29) is 23.9 Å². The van der Waals surface area contributed by atoms with Gasteiger partial charge in [0.2, 0.25) is 5.95 Å². The Morgan fingerprint density at radius 3 is 2.84 bits per heavy atom. The number of aromatic nitrogens is 3. The summed E-state index contributed by atoms with van der Waals surface area (Å²) in [6.45, 7) is 0.0996. The van der Waals surface area contributed by atoms with Gasteiger partial charge in [0.25, 0.3) is 5.56 Å². The summed E-state index contributed by atoms with van der Waals surface area (Å²) in [7, 11) is 0. The second kappa shape index (κ2) is 7.82. The van der Waals surface area contributed by atoms with Gasteiger partial charge in [-0.25, -0.2) is 9.82 Å². The Morgan fingerprint density at radius 2 is 2.00 bits per heavy atom. The number of hydrogen-bond acceptors (Lipinski definition) is 6. The monoisotopic (exact) mass is 339 g/mol. The number of H-pyrrole nitrogens is 1. The summed E-state index contributed by atoms with van der Waals surface area (Å²) in [4.78, 5) is 13.6. The number of hydrogen-bond donors (Lipinski definition) is 2. The van der Waals surface area contributed by atoms with Crippen LogP contribution in [0.4, 0.5) is 10.3 Å². The van der Waals surface area contributed by atoms with Gasteiger partial charge < -0.3 is 4.74 Å². The molecule has 0 saturated carbocycles. The predicted octanol–water partition coefficient (Wildman–Crippen LogP) is 2.33. The summed E-state index contributed by atoms with van der Waals surface area (Å²) in [5, 5.41) is 11.2. The molecule has 1 aromatic heterocycles. The van der Waals surface area contributed by atoms with Crippen molar-refractivity contribution in [2.75, 3.05) is 5.43 Å². The van der Waals surface area contributed by atoms with Gasteiger partial charge in [-0.15, -0.1) is 10.2 Å². The highest BCUT2D eigenvalue weighted by Crippen LogP contribution is 2.18. The Balaban J connectivity index is 1.69. The molecule has 0 aliphatic heterocycles. The molecule has 0 bridgehead atoms. The standard InChI is InChI=1S/C17H14FN5O2/c18-14-7-3-1-6-13(14)11-25-15-8-4-2-5-12(15)9-19-22-17-21-16(24)10-20-23-17/h1-10H,11H2,(H2,21,22,23,24)/b19-9+. The lowest BCUT2D eigenvalue weighted by atomic mass is 10.2. The van der Waals surface area contributed by atoms with Crippen molar-refractivity contribution >= 4 is 12.2 Å². The molecule has 3 aromatic rings. The van der Waals surface area contributed by atoms with Crippen molar-refractivity contribution < 1.29 is 9.13 Å². The molecular formula is C17H14FN5O2. The Bertz CT molecular complexity index is 942. The molecule has 0 radical (unpaired) electrons. The molecule has 0 atom stereocenters. The van der Waals surface area contributed by atoms with Gasteiger partial charge in [0, 0.05) is 11.1 Å². The molecule has 0 unspecified atom stereocenters. The number of para-hydroxylation sites is 1. The average Bonchev–Trinajstić information content (AvgIpc) is 2.62. The first-order valence-corrected chi connectivity index (χ1v) is 7.39. The third kappa shape index (κ3) is 4.47. The zero-order valence-corrected chi connectivity index (χ0v) is 13.0. The number of halogens is 1. The number of nitrogens with zero attached hydrogens (tertiary/aromatic N) is 3. The lowest BCUT2D eigenvalue weighted by Crippen LogP contribution is -2.10. The van der Waals surface area contributed by atoms with Gasteiger partial charge in [-0.3, -0.25) is 9.78 Å². The van der Waals surface area contributed by atoms with Crippen LogP contribution in [-0.4, -0.2) is 21.4 Å². The van der Waals surface area contributed by atoms with Gasteiger partial charge in [-0.05, 0) is 18.2 Å². The highest BCUT2D eigenvalue weighted by atomic mass is 19.1. The number of ether oxygens (including phenoxy) is 1. The van der Waals surface area contributed by atoms with Crippen LogP contribution in [0.1, 0.15) is 11.1 Å². The number of nitrogens with one attached hydrogen (secondary N) is 2. The fourth-order valence-electron chi connectivity index (χ4n) is 2.02. The maximum Gasteiger partial charge on any atom is 0.271 e.